The van der Waals surface area contributed by atoms with E-state index >= 15 is 0 Å². The number of hydrogen-bond acceptors (Lipinski definition) is 4. The molecule has 0 bridgehead atoms. The predicted octanol–water partition coefficient (Wildman–Crippen LogP) is 9.24. The van der Waals surface area contributed by atoms with Gasteiger partial charge in [0.05, 0.1) is 0 Å². The van der Waals surface area contributed by atoms with E-state index < -0.39 is 0 Å². The van der Waals surface area contributed by atoms with Gasteiger partial charge in [0, 0.05) is 32.0 Å². The van der Waals surface area contributed by atoms with Gasteiger partial charge in [0.2, 0.25) is 11.8 Å². The highest BCUT2D eigenvalue weighted by Crippen LogP contribution is 2.34. The van der Waals surface area contributed by atoms with E-state index in [0.717, 1.165) is 66.1 Å². The van der Waals surface area contributed by atoms with Crippen molar-refractivity contribution in [2.45, 2.75) is 113 Å². The summed E-state index contributed by atoms with van der Waals surface area (Å²) in [4.78, 5) is 32.7. The molecule has 1 fully saturated rings. The van der Waals surface area contributed by atoms with Gasteiger partial charge in [-0.3, -0.25) is 14.4 Å². The van der Waals surface area contributed by atoms with Gasteiger partial charge in [-0.2, -0.15) is 0 Å². The van der Waals surface area contributed by atoms with Crippen LogP contribution in [0.25, 0.3) is 0 Å². The Hall–Kier alpha value is -3.93. The van der Waals surface area contributed by atoms with Crippen LogP contribution < -0.4 is 15.4 Å². The number of carbonyl (C=O) groups is 3. The Morgan fingerprint density at radius 2 is 1.33 bits per heavy atom. The highest BCUT2D eigenvalue weighted by atomic mass is 16.5. The molecule has 2 aliphatic rings. The molecule has 0 unspecified atom stereocenters. The molecular weight excluding hydrogens is 572 g/mol. The van der Waals surface area contributed by atoms with Gasteiger partial charge in [-0.15, -0.1) is 0 Å². The molecule has 1 atom stereocenters. The van der Waals surface area contributed by atoms with Gasteiger partial charge in [-0.05, 0) is 112 Å². The Morgan fingerprint density at radius 3 is 1.80 bits per heavy atom. The van der Waals surface area contributed by atoms with Crippen LogP contribution in [-0.4, -0.2) is 24.3 Å². The first kappa shape index (κ1) is 38.3. The van der Waals surface area contributed by atoms with Crippen molar-refractivity contribution in [1.82, 2.24) is 5.32 Å². The van der Waals surface area contributed by atoms with Crippen LogP contribution in [0, 0.1) is 40.5 Å². The normalized spacial score (nSPS) is 14.4. The SMILES string of the molecule is CC(=O)Nc1c(C)cccc1C.CC(=O)Oc1c(C)cccc1C.CCCCNC(=O)C1CCC1.Cc1cccc2c1CC[C@H]2C. The van der Waals surface area contributed by atoms with E-state index in [9.17, 15) is 14.4 Å². The van der Waals surface area contributed by atoms with Crippen LogP contribution in [-0.2, 0) is 20.8 Å². The van der Waals surface area contributed by atoms with Crippen LogP contribution in [0.15, 0.2) is 54.6 Å². The molecule has 1 saturated carbocycles. The third-order valence-corrected chi connectivity index (χ3v) is 8.55. The summed E-state index contributed by atoms with van der Waals surface area (Å²) in [6.45, 7) is 18.3. The fraction of sp³-hybridized carbons (Fsp3) is 0.475. The van der Waals surface area contributed by atoms with E-state index in [1.165, 1.54) is 38.7 Å². The smallest absolute Gasteiger partial charge is 0.308 e. The molecule has 0 radical (unpaired) electrons. The lowest BCUT2D eigenvalue weighted by atomic mass is 9.85. The van der Waals surface area contributed by atoms with Crippen molar-refractivity contribution in [2.24, 2.45) is 5.92 Å². The predicted molar refractivity (Wildman–Crippen MR) is 191 cm³/mol. The Kier molecular flexibility index (Phi) is 16.3. The van der Waals surface area contributed by atoms with Gasteiger partial charge in [-0.1, -0.05) is 81.3 Å². The zero-order valence-electron chi connectivity index (χ0n) is 29.6. The number of aryl methyl sites for hydroxylation is 5. The average molecular weight is 629 g/mol. The molecule has 0 aliphatic heterocycles. The molecule has 250 valence electrons. The summed E-state index contributed by atoms with van der Waals surface area (Å²) < 4.78 is 5.04. The first-order valence-electron chi connectivity index (χ1n) is 16.8. The molecule has 2 amide bonds. The third-order valence-electron chi connectivity index (χ3n) is 8.55. The number of benzene rings is 3. The van der Waals surface area contributed by atoms with Crippen molar-refractivity contribution in [3.63, 3.8) is 0 Å². The fourth-order valence-corrected chi connectivity index (χ4v) is 5.54. The Balaban J connectivity index is 0.000000214. The zero-order valence-corrected chi connectivity index (χ0v) is 29.6. The Bertz CT molecular complexity index is 1340. The maximum absolute atomic E-state index is 11.2. The number of fused-ring (bicyclic) bond motifs is 1. The van der Waals surface area contributed by atoms with Crippen LogP contribution in [0.3, 0.4) is 0 Å². The van der Waals surface area contributed by atoms with E-state index in [0.29, 0.717) is 11.7 Å². The summed E-state index contributed by atoms with van der Waals surface area (Å²) >= 11 is 0. The Morgan fingerprint density at radius 1 is 0.783 bits per heavy atom. The highest BCUT2D eigenvalue weighted by molar-refractivity contribution is 5.90. The van der Waals surface area contributed by atoms with Crippen LogP contribution in [0.5, 0.6) is 5.75 Å². The number of unbranched alkanes of at least 4 members (excludes halogenated alkanes) is 1. The number of anilines is 1. The highest BCUT2D eigenvalue weighted by Gasteiger charge is 2.24. The molecule has 0 aromatic heterocycles. The van der Waals surface area contributed by atoms with Gasteiger partial charge in [-0.25, -0.2) is 0 Å². The van der Waals surface area contributed by atoms with E-state index in [4.69, 9.17) is 4.74 Å². The lowest BCUT2D eigenvalue weighted by Gasteiger charge is -2.23. The molecule has 3 aromatic carbocycles. The monoisotopic (exact) mass is 628 g/mol. The van der Waals surface area contributed by atoms with E-state index in [2.05, 4.69) is 49.6 Å². The molecule has 2 N–H and O–H groups in total. The third kappa shape index (κ3) is 12.5. The van der Waals surface area contributed by atoms with Gasteiger partial charge in [0.1, 0.15) is 5.75 Å². The number of para-hydroxylation sites is 2. The lowest BCUT2D eigenvalue weighted by Crippen LogP contribution is -2.34. The van der Waals surface area contributed by atoms with Gasteiger partial charge in [0.15, 0.2) is 0 Å². The molecule has 3 aromatic rings. The fourth-order valence-electron chi connectivity index (χ4n) is 5.54. The van der Waals surface area contributed by atoms with Crippen molar-refractivity contribution in [3.8, 4) is 5.75 Å². The Labute approximate surface area is 277 Å². The van der Waals surface area contributed by atoms with Crippen LogP contribution in [0.1, 0.15) is 111 Å². The van der Waals surface area contributed by atoms with Crippen molar-refractivity contribution in [2.75, 3.05) is 11.9 Å². The quantitative estimate of drug-likeness (QED) is 0.162. The number of ether oxygens (including phenoxy) is 1. The van der Waals surface area contributed by atoms with E-state index in [1.54, 1.807) is 11.1 Å². The second-order valence-electron chi connectivity index (χ2n) is 12.6. The molecule has 6 heteroatoms. The number of amides is 2. The minimum atomic E-state index is -0.271. The molecule has 0 heterocycles. The summed E-state index contributed by atoms with van der Waals surface area (Å²) in [6, 6.07) is 18.4. The number of nitrogens with one attached hydrogen (secondary N) is 2. The summed E-state index contributed by atoms with van der Waals surface area (Å²) in [6.07, 6.45) is 8.37. The van der Waals surface area contributed by atoms with E-state index in [-0.39, 0.29) is 17.8 Å². The maximum atomic E-state index is 11.2. The molecule has 5 rings (SSSR count). The molecule has 2 aliphatic carbocycles. The van der Waals surface area contributed by atoms with Gasteiger partial charge < -0.3 is 15.4 Å². The zero-order chi connectivity index (χ0) is 34.2. The van der Waals surface area contributed by atoms with Crippen molar-refractivity contribution >= 4 is 23.5 Å². The summed E-state index contributed by atoms with van der Waals surface area (Å²) in [5.74, 6) is 1.83. The molecule has 46 heavy (non-hydrogen) atoms. The molecule has 0 saturated heterocycles. The van der Waals surface area contributed by atoms with Crippen LogP contribution >= 0.6 is 0 Å². The lowest BCUT2D eigenvalue weighted by molar-refractivity contribution is -0.132. The summed E-state index contributed by atoms with van der Waals surface area (Å²) in [7, 11) is 0. The van der Waals surface area contributed by atoms with Crippen molar-refractivity contribution in [1.29, 1.82) is 0 Å². The standard InChI is InChI=1S/C11H14.C10H13NO.C10H12O2.C9H17NO/c1-8-4-3-5-10-9(2)6-7-11(8)10;1-7-5-4-6-8(2)10(7)11-9(3)12;1-7-5-4-6-8(2)10(7)12-9(3)11;1-2-3-7-10-9(11)8-5-4-6-8/h3-5,9H,6-7H2,1-2H3;4-6H,1-3H3,(H,11,12);4-6H,1-3H3;8H,2-7H2,1H3,(H,10,11)/t9-;;;/m1.../s1. The summed E-state index contributed by atoms with van der Waals surface area (Å²) in [5, 5.41) is 5.75. The number of rotatable bonds is 6. The first-order chi connectivity index (χ1) is 21.8. The van der Waals surface area contributed by atoms with Crippen LogP contribution in [0.4, 0.5) is 5.69 Å². The molecular formula is C40H56N2O4. The minimum Gasteiger partial charge on any atom is -0.426 e. The minimum absolute atomic E-state index is 0.0209. The molecule has 0 spiro atoms. The topological polar surface area (TPSA) is 84.5 Å². The largest absolute Gasteiger partial charge is 0.426 e. The second kappa shape index (κ2) is 19.6. The van der Waals surface area contributed by atoms with Crippen molar-refractivity contribution < 1.29 is 19.1 Å². The second-order valence-corrected chi connectivity index (χ2v) is 12.6. The maximum Gasteiger partial charge on any atom is 0.308 e. The van der Waals surface area contributed by atoms with Gasteiger partial charge in [0.25, 0.3) is 0 Å². The number of carbonyl (C=O) groups excluding carboxylic acids is 3. The first-order valence-corrected chi connectivity index (χ1v) is 16.8. The number of hydrogen-bond donors (Lipinski definition) is 2. The number of esters is 1. The van der Waals surface area contributed by atoms with Crippen LogP contribution in [0.2, 0.25) is 0 Å². The van der Waals surface area contributed by atoms with Gasteiger partial charge >= 0.3 is 5.97 Å². The summed E-state index contributed by atoms with van der Waals surface area (Å²) in [5.41, 5.74) is 9.80. The average Bonchev–Trinajstić information content (AvgIpc) is 3.35. The van der Waals surface area contributed by atoms with E-state index in [1.807, 2.05) is 64.1 Å². The molecule has 6 nitrogen and oxygen atoms in total. The van der Waals surface area contributed by atoms with Crippen molar-refractivity contribution in [3.05, 3.63) is 93.5 Å².